The monoisotopic (exact) mass is 402 g/mol. The Labute approximate surface area is 166 Å². The van der Waals surface area contributed by atoms with Crippen LogP contribution in [-0.4, -0.2) is 45.0 Å². The van der Waals surface area contributed by atoms with Gasteiger partial charge >= 0.3 is 0 Å². The number of likely N-dealkylation sites (tertiary alicyclic amines) is 1. The van der Waals surface area contributed by atoms with Crippen LogP contribution < -0.4 is 4.90 Å². The number of benzene rings is 2. The number of halogens is 1. The van der Waals surface area contributed by atoms with Crippen molar-refractivity contribution >= 4 is 15.5 Å². The second-order valence-corrected chi connectivity index (χ2v) is 9.95. The van der Waals surface area contributed by atoms with Crippen LogP contribution >= 0.6 is 0 Å². The summed E-state index contributed by atoms with van der Waals surface area (Å²) in [6.45, 7) is 7.61. The molecule has 0 radical (unpaired) electrons. The van der Waals surface area contributed by atoms with E-state index in [0.717, 1.165) is 50.1 Å². The van der Waals surface area contributed by atoms with Crippen LogP contribution in [0.4, 0.5) is 10.1 Å². The third-order valence-corrected chi connectivity index (χ3v) is 7.87. The highest BCUT2D eigenvalue weighted by molar-refractivity contribution is 7.91. The quantitative estimate of drug-likeness (QED) is 0.778. The summed E-state index contributed by atoms with van der Waals surface area (Å²) in [5.41, 5.74) is 2.18. The zero-order valence-electron chi connectivity index (χ0n) is 16.4. The van der Waals surface area contributed by atoms with Gasteiger partial charge in [0.15, 0.2) is 0 Å². The fourth-order valence-corrected chi connectivity index (χ4v) is 5.83. The Balaban J connectivity index is 1.57. The fraction of sp³-hybridized carbons (Fsp3) is 0.455. The van der Waals surface area contributed by atoms with Crippen LogP contribution in [0.3, 0.4) is 0 Å². The van der Waals surface area contributed by atoms with Gasteiger partial charge in [-0.3, -0.25) is 0 Å². The summed E-state index contributed by atoms with van der Waals surface area (Å²) in [6.07, 6.45) is 3.10. The lowest BCUT2D eigenvalue weighted by atomic mass is 10.0. The Morgan fingerprint density at radius 3 is 2.43 bits per heavy atom. The highest BCUT2D eigenvalue weighted by atomic mass is 32.2. The van der Waals surface area contributed by atoms with Gasteiger partial charge in [0.05, 0.1) is 4.90 Å². The van der Waals surface area contributed by atoms with Gasteiger partial charge < -0.3 is 9.80 Å². The smallest absolute Gasteiger partial charge is 0.209 e. The lowest BCUT2D eigenvalue weighted by Crippen LogP contribution is -2.46. The van der Waals surface area contributed by atoms with Crippen LogP contribution in [0.2, 0.25) is 0 Å². The van der Waals surface area contributed by atoms with Gasteiger partial charge in [-0.1, -0.05) is 12.1 Å². The summed E-state index contributed by atoms with van der Waals surface area (Å²) in [5, 5.41) is 0. The predicted molar refractivity (Wildman–Crippen MR) is 109 cm³/mol. The van der Waals surface area contributed by atoms with Crippen LogP contribution in [0.1, 0.15) is 32.3 Å². The van der Waals surface area contributed by atoms with Crippen molar-refractivity contribution in [1.82, 2.24) is 4.90 Å². The summed E-state index contributed by atoms with van der Waals surface area (Å²) >= 11 is 0. The van der Waals surface area contributed by atoms with Crippen LogP contribution in [0.25, 0.3) is 0 Å². The second-order valence-electron chi connectivity index (χ2n) is 8.03. The molecule has 4 rings (SSSR count). The van der Waals surface area contributed by atoms with E-state index in [1.54, 1.807) is 18.2 Å². The van der Waals surface area contributed by atoms with E-state index < -0.39 is 15.7 Å². The molecular formula is C22H27FN2O2S. The molecule has 0 bridgehead atoms. The first kappa shape index (κ1) is 19.4. The first-order valence-corrected chi connectivity index (χ1v) is 11.5. The molecule has 4 nitrogen and oxygen atoms in total. The molecule has 6 heteroatoms. The number of rotatable bonds is 4. The van der Waals surface area contributed by atoms with Crippen molar-refractivity contribution in [2.24, 2.45) is 0 Å². The highest BCUT2D eigenvalue weighted by Crippen LogP contribution is 2.35. The molecule has 0 amide bonds. The van der Waals surface area contributed by atoms with E-state index >= 15 is 0 Å². The van der Waals surface area contributed by atoms with E-state index in [4.69, 9.17) is 0 Å². The molecule has 0 N–H and O–H groups in total. The zero-order valence-corrected chi connectivity index (χ0v) is 17.3. The Bertz CT molecular complexity index is 966. The van der Waals surface area contributed by atoms with Gasteiger partial charge in [-0.25, -0.2) is 12.8 Å². The number of fused-ring (bicyclic) bond motifs is 1. The first-order valence-electron chi connectivity index (χ1n) is 10.0. The Hall–Kier alpha value is -1.92. The van der Waals surface area contributed by atoms with E-state index in [0.29, 0.717) is 12.1 Å². The molecule has 2 aromatic rings. The fourth-order valence-electron chi connectivity index (χ4n) is 4.45. The molecule has 2 heterocycles. The molecule has 1 fully saturated rings. The van der Waals surface area contributed by atoms with Crippen LogP contribution in [0.5, 0.6) is 0 Å². The molecule has 2 aliphatic heterocycles. The van der Waals surface area contributed by atoms with Gasteiger partial charge in [0.25, 0.3) is 0 Å². The van der Waals surface area contributed by atoms with Gasteiger partial charge in [0, 0.05) is 37.4 Å². The third kappa shape index (κ3) is 3.44. The first-order chi connectivity index (χ1) is 13.4. The minimum atomic E-state index is -3.85. The van der Waals surface area contributed by atoms with E-state index in [1.807, 2.05) is 6.07 Å². The standard InChI is InChI=1S/C22H27FN2O2S/c1-16(2)24-12-10-18(11-13-24)25-14-9-17-15-19(7-8-21(17)25)28(26,27)22-6-4-3-5-20(22)23/h3-8,15-16,18H,9-14H2,1-2H3. The van der Waals surface area contributed by atoms with Gasteiger partial charge in [-0.2, -0.15) is 0 Å². The van der Waals surface area contributed by atoms with Crippen molar-refractivity contribution in [3.63, 3.8) is 0 Å². The topological polar surface area (TPSA) is 40.6 Å². The number of piperidine rings is 1. The minimum Gasteiger partial charge on any atom is -0.368 e. The molecular weight excluding hydrogens is 375 g/mol. The molecule has 0 aromatic heterocycles. The summed E-state index contributed by atoms with van der Waals surface area (Å²) in [6, 6.07) is 11.9. The van der Waals surface area contributed by atoms with Gasteiger partial charge in [-0.05, 0) is 69.0 Å². The number of sulfone groups is 1. The molecule has 150 valence electrons. The number of nitrogens with zero attached hydrogens (tertiary/aromatic N) is 2. The highest BCUT2D eigenvalue weighted by Gasteiger charge is 2.31. The van der Waals surface area contributed by atoms with Crippen molar-refractivity contribution in [2.75, 3.05) is 24.5 Å². The Kier molecular flexibility index (Phi) is 5.19. The lowest BCUT2D eigenvalue weighted by molar-refractivity contribution is 0.170. The summed E-state index contributed by atoms with van der Waals surface area (Å²) in [5.74, 6) is -0.707. The van der Waals surface area contributed by atoms with Crippen molar-refractivity contribution < 1.29 is 12.8 Å². The largest absolute Gasteiger partial charge is 0.368 e. The maximum atomic E-state index is 14.0. The van der Waals surface area contributed by atoms with E-state index in [-0.39, 0.29) is 9.79 Å². The average molecular weight is 403 g/mol. The second kappa shape index (κ2) is 7.48. The molecule has 0 unspecified atom stereocenters. The Morgan fingerprint density at radius 1 is 1.04 bits per heavy atom. The van der Waals surface area contributed by atoms with Crippen LogP contribution in [0.15, 0.2) is 52.3 Å². The number of hydrogen-bond donors (Lipinski definition) is 0. The maximum Gasteiger partial charge on any atom is 0.209 e. The molecule has 0 spiro atoms. The van der Waals surface area contributed by atoms with Crippen molar-refractivity contribution in [3.8, 4) is 0 Å². The van der Waals surface area contributed by atoms with Crippen molar-refractivity contribution in [3.05, 3.63) is 53.8 Å². The minimum absolute atomic E-state index is 0.174. The average Bonchev–Trinajstić information content (AvgIpc) is 3.11. The molecule has 2 aromatic carbocycles. The number of hydrogen-bond acceptors (Lipinski definition) is 4. The third-order valence-electron chi connectivity index (χ3n) is 6.09. The van der Waals surface area contributed by atoms with Crippen LogP contribution in [0, 0.1) is 5.82 Å². The van der Waals surface area contributed by atoms with E-state index in [1.165, 1.54) is 18.2 Å². The lowest BCUT2D eigenvalue weighted by Gasteiger charge is -2.39. The Morgan fingerprint density at radius 2 is 1.75 bits per heavy atom. The maximum absolute atomic E-state index is 14.0. The van der Waals surface area contributed by atoms with E-state index in [9.17, 15) is 12.8 Å². The predicted octanol–water partition coefficient (Wildman–Crippen LogP) is 3.89. The summed E-state index contributed by atoms with van der Waals surface area (Å²) < 4.78 is 39.8. The number of anilines is 1. The molecule has 0 atom stereocenters. The van der Waals surface area contributed by atoms with Crippen molar-refractivity contribution in [2.45, 2.75) is 55.0 Å². The van der Waals surface area contributed by atoms with Gasteiger partial charge in [0.1, 0.15) is 10.7 Å². The molecule has 28 heavy (non-hydrogen) atoms. The molecule has 2 aliphatic rings. The van der Waals surface area contributed by atoms with Gasteiger partial charge in [0.2, 0.25) is 9.84 Å². The molecule has 0 saturated carbocycles. The summed E-state index contributed by atoms with van der Waals surface area (Å²) in [4.78, 5) is 4.86. The summed E-state index contributed by atoms with van der Waals surface area (Å²) in [7, 11) is -3.85. The normalized spacial score (nSPS) is 18.6. The van der Waals surface area contributed by atoms with Gasteiger partial charge in [-0.15, -0.1) is 0 Å². The molecule has 1 saturated heterocycles. The van der Waals surface area contributed by atoms with Crippen molar-refractivity contribution in [1.29, 1.82) is 0 Å². The zero-order chi connectivity index (χ0) is 19.9. The SMILES string of the molecule is CC(C)N1CCC(N2CCc3cc(S(=O)(=O)c4ccccc4F)ccc32)CC1. The molecule has 0 aliphatic carbocycles. The van der Waals surface area contributed by atoms with E-state index in [2.05, 4.69) is 23.6 Å². The van der Waals surface area contributed by atoms with Crippen LogP contribution in [-0.2, 0) is 16.3 Å².